The Kier molecular flexibility index (Phi) is 7.39. The first kappa shape index (κ1) is 26.7. The minimum absolute atomic E-state index is 0.240. The standard InChI is InChI=1S/C23H21FN6O2.C6H6FN/c1-23(32)12-3-2-4-13-29-21(31)17-14-25-22(26-16-10-8-15(24)9-11-16)28-20(17)30(29)19-7-5-6-18(23)27-19;7-5-1-3-6(8)4-2-5/h2,4-11,14,32H,3,12-13H2,1H3,(H,25,26,28);1-4H,8H2/b4-2-;/t23-;/m0./s1. The minimum Gasteiger partial charge on any atom is -0.399 e. The third-order valence-corrected chi connectivity index (χ3v) is 6.39. The van der Waals surface area contributed by atoms with Gasteiger partial charge in [-0.15, -0.1) is 0 Å². The molecule has 204 valence electrons. The Balaban J connectivity index is 0.000000348. The summed E-state index contributed by atoms with van der Waals surface area (Å²) in [6.45, 7) is 2.06. The molecular weight excluding hydrogens is 516 g/mol. The van der Waals surface area contributed by atoms with Gasteiger partial charge in [0.25, 0.3) is 5.56 Å². The maximum atomic E-state index is 13.2. The third-order valence-electron chi connectivity index (χ3n) is 6.39. The van der Waals surface area contributed by atoms with Gasteiger partial charge in [-0.1, -0.05) is 18.2 Å². The van der Waals surface area contributed by atoms with Crippen molar-refractivity contribution in [3.8, 4) is 5.82 Å². The molecule has 5 aromatic rings. The molecule has 0 radical (unpaired) electrons. The highest BCUT2D eigenvalue weighted by Gasteiger charge is 2.26. The predicted octanol–water partition coefficient (Wildman–Crippen LogP) is 4.83. The van der Waals surface area contributed by atoms with Crippen molar-refractivity contribution < 1.29 is 13.9 Å². The van der Waals surface area contributed by atoms with Crippen LogP contribution in [0.1, 0.15) is 25.5 Å². The lowest BCUT2D eigenvalue weighted by atomic mass is 9.95. The van der Waals surface area contributed by atoms with Crippen LogP contribution in [0.3, 0.4) is 0 Å². The van der Waals surface area contributed by atoms with Gasteiger partial charge in [-0.3, -0.25) is 4.79 Å². The number of aromatic nitrogens is 5. The predicted molar refractivity (Wildman–Crippen MR) is 149 cm³/mol. The average molecular weight is 544 g/mol. The molecule has 4 N–H and O–H groups in total. The Morgan fingerprint density at radius 2 is 1.68 bits per heavy atom. The zero-order valence-corrected chi connectivity index (χ0v) is 21.6. The molecule has 40 heavy (non-hydrogen) atoms. The fourth-order valence-corrected chi connectivity index (χ4v) is 4.24. The first-order valence-corrected chi connectivity index (χ1v) is 12.6. The number of rotatable bonds is 2. The van der Waals surface area contributed by atoms with Crippen molar-refractivity contribution in [2.45, 2.75) is 31.9 Å². The molecular formula is C29H27F2N7O2. The molecule has 11 heteroatoms. The van der Waals surface area contributed by atoms with Crippen molar-refractivity contribution in [3.05, 3.63) is 113 Å². The fraction of sp³-hybridized carbons (Fsp3) is 0.172. The van der Waals surface area contributed by atoms with Gasteiger partial charge >= 0.3 is 0 Å². The molecule has 1 aliphatic heterocycles. The first-order valence-electron chi connectivity index (χ1n) is 12.6. The van der Waals surface area contributed by atoms with Crippen molar-refractivity contribution in [1.82, 2.24) is 24.3 Å². The topological polar surface area (TPSA) is 124 Å². The van der Waals surface area contributed by atoms with E-state index in [9.17, 15) is 18.7 Å². The van der Waals surface area contributed by atoms with Gasteiger partial charge in [0.1, 0.15) is 22.6 Å². The number of fused-ring (bicyclic) bond motifs is 6. The number of aliphatic hydroxyl groups is 1. The molecule has 0 fully saturated rings. The number of pyridine rings is 1. The van der Waals surface area contributed by atoms with E-state index >= 15 is 0 Å². The molecule has 0 saturated carbocycles. The van der Waals surface area contributed by atoms with Crippen LogP contribution in [-0.2, 0) is 12.1 Å². The highest BCUT2D eigenvalue weighted by molar-refractivity contribution is 5.77. The number of nitrogens with two attached hydrogens (primary N) is 1. The van der Waals surface area contributed by atoms with Gasteiger partial charge < -0.3 is 16.2 Å². The van der Waals surface area contributed by atoms with Crippen LogP contribution in [0.15, 0.2) is 89.9 Å². The summed E-state index contributed by atoms with van der Waals surface area (Å²) in [5.74, 6) is 0.138. The second-order valence-electron chi connectivity index (χ2n) is 9.48. The lowest BCUT2D eigenvalue weighted by Gasteiger charge is -2.22. The van der Waals surface area contributed by atoms with Gasteiger partial charge in [0, 0.05) is 17.6 Å². The van der Waals surface area contributed by atoms with Crippen molar-refractivity contribution >= 4 is 28.4 Å². The van der Waals surface area contributed by atoms with E-state index in [0.717, 1.165) is 0 Å². The van der Waals surface area contributed by atoms with E-state index in [-0.39, 0.29) is 23.1 Å². The minimum atomic E-state index is -1.11. The van der Waals surface area contributed by atoms with Gasteiger partial charge in [0.15, 0.2) is 11.5 Å². The zero-order valence-electron chi connectivity index (χ0n) is 21.6. The van der Waals surface area contributed by atoms with Crippen LogP contribution in [0.25, 0.3) is 16.9 Å². The Labute approximate surface area is 228 Å². The lowest BCUT2D eigenvalue weighted by Crippen LogP contribution is -2.24. The third kappa shape index (κ3) is 5.74. The van der Waals surface area contributed by atoms with Crippen LogP contribution in [0.2, 0.25) is 0 Å². The molecule has 2 aromatic carbocycles. The largest absolute Gasteiger partial charge is 0.399 e. The summed E-state index contributed by atoms with van der Waals surface area (Å²) in [4.78, 5) is 26.6. The molecule has 2 bridgehead atoms. The number of anilines is 3. The highest BCUT2D eigenvalue weighted by atomic mass is 19.1. The van der Waals surface area contributed by atoms with Crippen LogP contribution >= 0.6 is 0 Å². The number of nitrogen functional groups attached to an aromatic ring is 1. The van der Waals surface area contributed by atoms with E-state index in [1.807, 2.05) is 12.2 Å². The summed E-state index contributed by atoms with van der Waals surface area (Å²) in [6.07, 6.45) is 6.48. The summed E-state index contributed by atoms with van der Waals surface area (Å²) >= 11 is 0. The number of allylic oxidation sites excluding steroid dienone is 2. The molecule has 3 aromatic heterocycles. The number of hydrogen-bond donors (Lipinski definition) is 3. The van der Waals surface area contributed by atoms with Crippen LogP contribution < -0.4 is 16.6 Å². The van der Waals surface area contributed by atoms with E-state index in [0.29, 0.717) is 53.3 Å². The molecule has 1 atom stereocenters. The quantitative estimate of drug-likeness (QED) is 0.215. The molecule has 0 unspecified atom stereocenters. The Bertz CT molecular complexity index is 1710. The van der Waals surface area contributed by atoms with E-state index in [1.54, 1.807) is 46.6 Å². The van der Waals surface area contributed by atoms with Crippen LogP contribution in [0, 0.1) is 11.6 Å². The zero-order chi connectivity index (χ0) is 28.3. The SMILES string of the molecule is C[C@]1(O)CC/C=C\Cn2c(=O)c3cnc(Nc4ccc(F)cc4)nc3n2-c2cccc1n2.Nc1ccc(F)cc1. The summed E-state index contributed by atoms with van der Waals surface area (Å²) in [6, 6.07) is 16.9. The normalized spacial score (nSPS) is 17.2. The molecule has 1 aliphatic rings. The molecule has 6 rings (SSSR count). The summed E-state index contributed by atoms with van der Waals surface area (Å²) in [7, 11) is 0. The molecule has 0 saturated heterocycles. The highest BCUT2D eigenvalue weighted by Crippen LogP contribution is 2.27. The van der Waals surface area contributed by atoms with E-state index in [2.05, 4.69) is 20.3 Å². The molecule has 4 heterocycles. The number of halogens is 2. The smallest absolute Gasteiger partial charge is 0.278 e. The van der Waals surface area contributed by atoms with Crippen molar-refractivity contribution in [2.24, 2.45) is 0 Å². The fourth-order valence-electron chi connectivity index (χ4n) is 4.24. The van der Waals surface area contributed by atoms with E-state index in [4.69, 9.17) is 5.73 Å². The lowest BCUT2D eigenvalue weighted by molar-refractivity contribution is 0.0443. The van der Waals surface area contributed by atoms with Gasteiger partial charge in [0.2, 0.25) is 5.95 Å². The first-order chi connectivity index (χ1) is 19.2. The van der Waals surface area contributed by atoms with Gasteiger partial charge in [0.05, 0.1) is 12.2 Å². The molecule has 0 amide bonds. The van der Waals surface area contributed by atoms with E-state index < -0.39 is 5.60 Å². The van der Waals surface area contributed by atoms with Gasteiger partial charge in [-0.25, -0.2) is 28.1 Å². The van der Waals surface area contributed by atoms with E-state index in [1.165, 1.54) is 42.6 Å². The maximum absolute atomic E-state index is 13.2. The van der Waals surface area contributed by atoms with Crippen LogP contribution in [0.5, 0.6) is 0 Å². The number of nitrogens with zero attached hydrogens (tertiary/aromatic N) is 5. The van der Waals surface area contributed by atoms with Gasteiger partial charge in [-0.05, 0) is 80.4 Å². The summed E-state index contributed by atoms with van der Waals surface area (Å²) < 4.78 is 28.4. The van der Waals surface area contributed by atoms with Gasteiger partial charge in [-0.2, -0.15) is 4.98 Å². The molecule has 0 spiro atoms. The monoisotopic (exact) mass is 543 g/mol. The van der Waals surface area contributed by atoms with Crippen molar-refractivity contribution in [3.63, 3.8) is 0 Å². The van der Waals surface area contributed by atoms with Crippen LogP contribution in [0.4, 0.5) is 26.1 Å². The van der Waals surface area contributed by atoms with Crippen molar-refractivity contribution in [2.75, 3.05) is 11.1 Å². The molecule has 0 aliphatic carbocycles. The van der Waals surface area contributed by atoms with Crippen molar-refractivity contribution in [1.29, 1.82) is 0 Å². The summed E-state index contributed by atoms with van der Waals surface area (Å²) in [5.41, 5.74) is 6.02. The Hall–Kier alpha value is -4.90. The maximum Gasteiger partial charge on any atom is 0.278 e. The molecule has 9 nitrogen and oxygen atoms in total. The van der Waals surface area contributed by atoms with Crippen LogP contribution in [-0.4, -0.2) is 29.4 Å². The number of benzene rings is 2. The second-order valence-corrected chi connectivity index (χ2v) is 9.48. The Morgan fingerprint density at radius 3 is 2.38 bits per heavy atom. The second kappa shape index (κ2) is 11.1. The Morgan fingerprint density at radius 1 is 0.975 bits per heavy atom. The number of nitrogens with one attached hydrogen (secondary N) is 1. The number of hydrogen-bond acceptors (Lipinski definition) is 7. The average Bonchev–Trinajstić information content (AvgIpc) is 3.21. The summed E-state index contributed by atoms with van der Waals surface area (Å²) in [5, 5.41) is 14.3.